The number of nitrogens with zero attached hydrogens (tertiary/aromatic N) is 2. The summed E-state index contributed by atoms with van der Waals surface area (Å²) in [5.74, 6) is 6.00. The zero-order chi connectivity index (χ0) is 20.1. The fourth-order valence-corrected chi connectivity index (χ4v) is 2.58. The van der Waals surface area contributed by atoms with Crippen molar-refractivity contribution in [3.63, 3.8) is 0 Å². The molecule has 1 aliphatic heterocycles. The molecule has 1 amide bonds. The number of carbonyl (C=O) groups is 1. The first-order chi connectivity index (χ1) is 13.1. The average molecular weight is 374 g/mol. The van der Waals surface area contributed by atoms with Gasteiger partial charge in [-0.2, -0.15) is 0 Å². The van der Waals surface area contributed by atoms with Gasteiger partial charge in [0.1, 0.15) is 11.5 Å². The molecule has 1 aliphatic rings. The first-order valence-corrected chi connectivity index (χ1v) is 9.16. The molecule has 0 saturated heterocycles. The van der Waals surface area contributed by atoms with Gasteiger partial charge in [0.25, 0.3) is 0 Å². The van der Waals surface area contributed by atoms with Crippen LogP contribution in [0.4, 0.5) is 0 Å². The minimum atomic E-state index is -0.126. The van der Waals surface area contributed by atoms with Crippen LogP contribution in [0.2, 0.25) is 0 Å². The third kappa shape index (κ3) is 7.64. The van der Waals surface area contributed by atoms with E-state index in [1.807, 2.05) is 18.7 Å². The summed E-state index contributed by atoms with van der Waals surface area (Å²) in [4.78, 5) is 19.0. The first-order valence-electron chi connectivity index (χ1n) is 9.16. The standard InChI is InChI=1S/C19H30N6O2/c1-3-9-25(10-4-2)19(27)15-11-16(17(13-20)24-18(21)12-15)23-8-6-5-7-22-14-26/h11,13,20,22-23,26H,3-4,7-10,12,14H2,1-2H3,(H2,21,24). The van der Waals surface area contributed by atoms with Gasteiger partial charge in [-0.1, -0.05) is 25.7 Å². The highest BCUT2D eigenvalue weighted by Crippen LogP contribution is 2.17. The highest BCUT2D eigenvalue weighted by molar-refractivity contribution is 6.02. The van der Waals surface area contributed by atoms with Crippen LogP contribution in [0.25, 0.3) is 0 Å². The lowest BCUT2D eigenvalue weighted by molar-refractivity contribution is -0.127. The highest BCUT2D eigenvalue weighted by Gasteiger charge is 2.21. The summed E-state index contributed by atoms with van der Waals surface area (Å²) >= 11 is 0. The molecule has 6 N–H and O–H groups in total. The topological polar surface area (TPSA) is 127 Å². The first kappa shape index (κ1) is 22.4. The molecule has 148 valence electrons. The molecule has 0 atom stereocenters. The Morgan fingerprint density at radius 3 is 2.63 bits per heavy atom. The van der Waals surface area contributed by atoms with Gasteiger partial charge in [-0.25, -0.2) is 4.99 Å². The molecule has 1 heterocycles. The minimum Gasteiger partial charge on any atom is -0.387 e. The number of allylic oxidation sites excluding steroid dienone is 2. The maximum absolute atomic E-state index is 12.9. The Hall–Kier alpha value is -2.63. The lowest BCUT2D eigenvalue weighted by Crippen LogP contribution is -2.34. The summed E-state index contributed by atoms with van der Waals surface area (Å²) in [6.07, 6.45) is 4.84. The van der Waals surface area contributed by atoms with Gasteiger partial charge >= 0.3 is 0 Å². The molecule has 0 aromatic carbocycles. The third-order valence-electron chi connectivity index (χ3n) is 3.73. The van der Waals surface area contributed by atoms with E-state index in [-0.39, 0.29) is 19.1 Å². The number of carbonyl (C=O) groups excluding carboxylic acids is 1. The number of hydrogen-bond donors (Lipinski definition) is 5. The van der Waals surface area contributed by atoms with Crippen molar-refractivity contribution < 1.29 is 9.90 Å². The van der Waals surface area contributed by atoms with Crippen LogP contribution in [-0.2, 0) is 4.79 Å². The van der Waals surface area contributed by atoms with E-state index in [2.05, 4.69) is 27.5 Å². The summed E-state index contributed by atoms with van der Waals surface area (Å²) in [6, 6.07) is 0. The number of aliphatic hydroxyl groups is 1. The van der Waals surface area contributed by atoms with Crippen molar-refractivity contribution >= 4 is 18.0 Å². The van der Waals surface area contributed by atoms with Crippen LogP contribution in [0.5, 0.6) is 0 Å². The molecule has 8 nitrogen and oxygen atoms in total. The van der Waals surface area contributed by atoms with Crippen molar-refractivity contribution in [2.75, 3.05) is 32.9 Å². The Morgan fingerprint density at radius 1 is 1.37 bits per heavy atom. The number of nitrogens with one attached hydrogen (secondary N) is 3. The zero-order valence-corrected chi connectivity index (χ0v) is 16.1. The second-order valence-corrected chi connectivity index (χ2v) is 5.98. The van der Waals surface area contributed by atoms with Crippen molar-refractivity contribution in [3.8, 4) is 11.8 Å². The van der Waals surface area contributed by atoms with Crippen LogP contribution in [-0.4, -0.2) is 60.9 Å². The van der Waals surface area contributed by atoms with Gasteiger partial charge in [0, 0.05) is 31.3 Å². The largest absolute Gasteiger partial charge is 0.387 e. The van der Waals surface area contributed by atoms with Crippen LogP contribution in [0.1, 0.15) is 33.1 Å². The number of amides is 1. The van der Waals surface area contributed by atoms with E-state index >= 15 is 0 Å². The number of hydrogen-bond acceptors (Lipinski definition) is 7. The molecule has 0 radical (unpaired) electrons. The highest BCUT2D eigenvalue weighted by atomic mass is 16.3. The number of rotatable bonds is 10. The van der Waals surface area contributed by atoms with Crippen molar-refractivity contribution in [2.45, 2.75) is 33.1 Å². The van der Waals surface area contributed by atoms with Crippen LogP contribution >= 0.6 is 0 Å². The average Bonchev–Trinajstić information content (AvgIpc) is 2.82. The Balaban J connectivity index is 3.03. The quantitative estimate of drug-likeness (QED) is 0.163. The molecule has 27 heavy (non-hydrogen) atoms. The third-order valence-corrected chi connectivity index (χ3v) is 3.73. The maximum Gasteiger partial charge on any atom is 0.250 e. The van der Waals surface area contributed by atoms with E-state index in [9.17, 15) is 4.79 Å². The molecule has 0 unspecified atom stereocenters. The molecule has 8 heteroatoms. The molecule has 0 saturated carbocycles. The van der Waals surface area contributed by atoms with E-state index < -0.39 is 0 Å². The van der Waals surface area contributed by atoms with Crippen molar-refractivity contribution in [1.82, 2.24) is 15.5 Å². The predicted molar refractivity (Wildman–Crippen MR) is 108 cm³/mol. The fourth-order valence-electron chi connectivity index (χ4n) is 2.58. The molecule has 1 rings (SSSR count). The monoisotopic (exact) mass is 374 g/mol. The predicted octanol–water partition coefficient (Wildman–Crippen LogP) is 0.316. The summed E-state index contributed by atoms with van der Waals surface area (Å²) < 4.78 is 0. The second kappa shape index (κ2) is 12.7. The Kier molecular flexibility index (Phi) is 10.5. The van der Waals surface area contributed by atoms with Crippen LogP contribution in [0, 0.1) is 17.3 Å². The van der Waals surface area contributed by atoms with Crippen LogP contribution in [0.3, 0.4) is 0 Å². The molecule has 0 aromatic rings. The van der Waals surface area contributed by atoms with Gasteiger partial charge in [-0.15, -0.1) is 0 Å². The molecule has 0 bridgehead atoms. The summed E-state index contributed by atoms with van der Waals surface area (Å²) in [5.41, 5.74) is 7.42. The van der Waals surface area contributed by atoms with Crippen molar-refractivity contribution in [2.24, 2.45) is 10.7 Å². The summed E-state index contributed by atoms with van der Waals surface area (Å²) in [6.45, 7) is 6.03. The Morgan fingerprint density at radius 2 is 2.04 bits per heavy atom. The minimum absolute atomic E-state index is 0.0550. The van der Waals surface area contributed by atoms with Gasteiger partial charge in [-0.05, 0) is 18.9 Å². The number of aliphatic hydroxyl groups excluding tert-OH is 1. The van der Waals surface area contributed by atoms with E-state index in [1.54, 1.807) is 6.08 Å². The van der Waals surface area contributed by atoms with Gasteiger partial charge in [0.15, 0.2) is 0 Å². The Labute approximate surface area is 161 Å². The normalized spacial score (nSPS) is 13.7. The Bertz CT molecular complexity index is 663. The van der Waals surface area contributed by atoms with Gasteiger partial charge in [-0.3, -0.25) is 10.1 Å². The molecule has 0 spiro atoms. The van der Waals surface area contributed by atoms with Crippen LogP contribution < -0.4 is 16.4 Å². The smallest absolute Gasteiger partial charge is 0.250 e. The SMILES string of the molecule is CCCN(CCC)C(=O)C1=CC(NCC#CCNCO)=C(C=N)N=C(N)C1. The lowest BCUT2D eigenvalue weighted by atomic mass is 10.1. The summed E-state index contributed by atoms with van der Waals surface area (Å²) in [5, 5.41) is 22.0. The van der Waals surface area contributed by atoms with Gasteiger partial charge < -0.3 is 26.5 Å². The molecule has 0 aliphatic carbocycles. The van der Waals surface area contributed by atoms with Gasteiger partial charge in [0.05, 0.1) is 25.5 Å². The number of amidine groups is 1. The van der Waals surface area contributed by atoms with E-state index in [0.717, 1.165) is 19.1 Å². The fraction of sp³-hybridized carbons (Fsp3) is 0.526. The maximum atomic E-state index is 12.9. The summed E-state index contributed by atoms with van der Waals surface area (Å²) in [7, 11) is 0. The molecule has 0 fully saturated rings. The number of aliphatic imine (C=N–C) groups is 1. The second-order valence-electron chi connectivity index (χ2n) is 5.98. The van der Waals surface area contributed by atoms with Crippen LogP contribution in [0.15, 0.2) is 28.0 Å². The van der Waals surface area contributed by atoms with E-state index in [1.165, 1.54) is 0 Å². The van der Waals surface area contributed by atoms with Crippen molar-refractivity contribution in [3.05, 3.63) is 23.0 Å². The molecular weight excluding hydrogens is 344 g/mol. The van der Waals surface area contributed by atoms with Gasteiger partial charge in [0.2, 0.25) is 5.91 Å². The lowest BCUT2D eigenvalue weighted by Gasteiger charge is -2.23. The van der Waals surface area contributed by atoms with E-state index in [0.29, 0.717) is 49.0 Å². The molecule has 0 aromatic heterocycles. The number of nitrogens with two attached hydrogens (primary N) is 1. The molecular formula is C19H30N6O2. The van der Waals surface area contributed by atoms with E-state index in [4.69, 9.17) is 16.2 Å². The zero-order valence-electron chi connectivity index (χ0n) is 16.1. The van der Waals surface area contributed by atoms with Crippen molar-refractivity contribution in [1.29, 1.82) is 5.41 Å².